The molecule has 2 aromatic rings. The minimum absolute atomic E-state index is 0.0495. The monoisotopic (exact) mass is 320 g/mol. The zero-order chi connectivity index (χ0) is 16.5. The molecule has 0 saturated carbocycles. The smallest absolute Gasteiger partial charge is 0.258 e. The van der Waals surface area contributed by atoms with Gasteiger partial charge in [-0.1, -0.05) is 30.3 Å². The Hall–Kier alpha value is -2.59. The van der Waals surface area contributed by atoms with Crippen LogP contribution in [-0.4, -0.2) is 39.3 Å². The third kappa shape index (κ3) is 2.59. The minimum atomic E-state index is 0.0495. The number of morpholine rings is 1. The van der Waals surface area contributed by atoms with Gasteiger partial charge < -0.3 is 14.5 Å². The second-order valence-electron chi connectivity index (χ2n) is 6.13. The van der Waals surface area contributed by atoms with E-state index in [9.17, 15) is 4.79 Å². The van der Waals surface area contributed by atoms with Gasteiger partial charge in [0.2, 0.25) is 0 Å². The largest absolute Gasteiger partial charge is 0.378 e. The van der Waals surface area contributed by atoms with Crippen LogP contribution in [0.2, 0.25) is 0 Å². The third-order valence-corrected chi connectivity index (χ3v) is 4.67. The van der Waals surface area contributed by atoms with Crippen LogP contribution in [0, 0.1) is 0 Å². The van der Waals surface area contributed by atoms with Crippen molar-refractivity contribution in [1.82, 2.24) is 0 Å². The molecule has 0 bridgehead atoms. The first-order valence-corrected chi connectivity index (χ1v) is 8.26. The van der Waals surface area contributed by atoms with Gasteiger partial charge in [-0.3, -0.25) is 4.79 Å². The molecule has 2 aliphatic rings. The summed E-state index contributed by atoms with van der Waals surface area (Å²) in [6.45, 7) is 3.42. The summed E-state index contributed by atoms with van der Waals surface area (Å²) in [6, 6.07) is 16.3. The lowest BCUT2D eigenvalue weighted by Gasteiger charge is -2.28. The fourth-order valence-electron chi connectivity index (χ4n) is 3.31. The maximum Gasteiger partial charge on any atom is 0.258 e. The number of ether oxygens (including phenoxy) is 1. The molecule has 4 nitrogen and oxygen atoms in total. The third-order valence-electron chi connectivity index (χ3n) is 4.67. The molecule has 0 N–H and O–H groups in total. The molecule has 4 rings (SSSR count). The highest BCUT2D eigenvalue weighted by atomic mass is 16.5. The van der Waals surface area contributed by atoms with E-state index in [-0.39, 0.29) is 5.91 Å². The molecule has 1 fully saturated rings. The summed E-state index contributed by atoms with van der Waals surface area (Å²) < 4.78 is 5.40. The fraction of sp³-hybridized carbons (Fsp3) is 0.250. The van der Waals surface area contributed by atoms with Crippen LogP contribution in [0.5, 0.6) is 0 Å². The first kappa shape index (κ1) is 15.0. The lowest BCUT2D eigenvalue weighted by molar-refractivity contribution is -0.112. The SMILES string of the molecule is CN1C(=O)/C(=C\c2ccc(N3CCOCC3)cc2)c2ccccc21. The number of fused-ring (bicyclic) bond motifs is 1. The molecule has 2 heterocycles. The highest BCUT2D eigenvalue weighted by Crippen LogP contribution is 2.36. The summed E-state index contributed by atoms with van der Waals surface area (Å²) in [7, 11) is 1.82. The second kappa shape index (κ2) is 6.13. The van der Waals surface area contributed by atoms with Gasteiger partial charge in [0.1, 0.15) is 0 Å². The van der Waals surface area contributed by atoms with Gasteiger partial charge in [-0.2, -0.15) is 0 Å². The summed E-state index contributed by atoms with van der Waals surface area (Å²) in [5, 5.41) is 0. The number of nitrogens with zero attached hydrogens (tertiary/aromatic N) is 2. The topological polar surface area (TPSA) is 32.8 Å². The van der Waals surface area contributed by atoms with Gasteiger partial charge in [-0.05, 0) is 29.8 Å². The molecular formula is C20H20N2O2. The van der Waals surface area contributed by atoms with E-state index >= 15 is 0 Å². The number of amides is 1. The van der Waals surface area contributed by atoms with E-state index in [1.54, 1.807) is 4.90 Å². The van der Waals surface area contributed by atoms with Crippen LogP contribution < -0.4 is 9.80 Å². The van der Waals surface area contributed by atoms with E-state index in [0.29, 0.717) is 0 Å². The van der Waals surface area contributed by atoms with Crippen LogP contribution >= 0.6 is 0 Å². The lowest BCUT2D eigenvalue weighted by Crippen LogP contribution is -2.36. The predicted molar refractivity (Wildman–Crippen MR) is 97.2 cm³/mol. The van der Waals surface area contributed by atoms with Crippen molar-refractivity contribution in [2.24, 2.45) is 0 Å². The van der Waals surface area contributed by atoms with Crippen LogP contribution in [-0.2, 0) is 9.53 Å². The predicted octanol–water partition coefficient (Wildman–Crippen LogP) is 3.04. The van der Waals surface area contributed by atoms with Crippen LogP contribution in [0.15, 0.2) is 48.5 Å². The first-order chi connectivity index (χ1) is 11.7. The Kier molecular flexibility index (Phi) is 3.82. The van der Waals surface area contributed by atoms with E-state index in [4.69, 9.17) is 4.74 Å². The maximum absolute atomic E-state index is 12.5. The van der Waals surface area contributed by atoms with Crippen molar-refractivity contribution in [3.8, 4) is 0 Å². The molecule has 0 unspecified atom stereocenters. The molecule has 0 aromatic heterocycles. The van der Waals surface area contributed by atoms with E-state index in [1.807, 2.05) is 37.4 Å². The van der Waals surface area contributed by atoms with Crippen LogP contribution in [0.1, 0.15) is 11.1 Å². The van der Waals surface area contributed by atoms with E-state index < -0.39 is 0 Å². The molecule has 4 heteroatoms. The van der Waals surface area contributed by atoms with Crippen molar-refractivity contribution in [2.75, 3.05) is 43.2 Å². The summed E-state index contributed by atoms with van der Waals surface area (Å²) in [5.74, 6) is 0.0495. The van der Waals surface area contributed by atoms with Crippen molar-refractivity contribution in [2.45, 2.75) is 0 Å². The summed E-state index contributed by atoms with van der Waals surface area (Å²) in [4.78, 5) is 16.6. The molecular weight excluding hydrogens is 300 g/mol. The second-order valence-corrected chi connectivity index (χ2v) is 6.13. The van der Waals surface area contributed by atoms with Gasteiger partial charge in [0, 0.05) is 37.0 Å². The Morgan fingerprint density at radius 3 is 2.46 bits per heavy atom. The van der Waals surface area contributed by atoms with Gasteiger partial charge in [0.05, 0.1) is 18.9 Å². The zero-order valence-electron chi connectivity index (χ0n) is 13.7. The highest BCUT2D eigenvalue weighted by molar-refractivity contribution is 6.35. The lowest BCUT2D eigenvalue weighted by atomic mass is 10.0. The number of carbonyl (C=O) groups is 1. The number of likely N-dealkylation sites (N-methyl/N-ethyl adjacent to an activating group) is 1. The van der Waals surface area contributed by atoms with Gasteiger partial charge >= 0.3 is 0 Å². The summed E-state index contributed by atoms with van der Waals surface area (Å²) in [5.41, 5.74) is 4.98. The maximum atomic E-state index is 12.5. The number of hydrogen-bond donors (Lipinski definition) is 0. The first-order valence-electron chi connectivity index (χ1n) is 8.26. The fourth-order valence-corrected chi connectivity index (χ4v) is 3.31. The van der Waals surface area contributed by atoms with E-state index in [2.05, 4.69) is 29.2 Å². The van der Waals surface area contributed by atoms with Gasteiger partial charge in [-0.25, -0.2) is 0 Å². The van der Waals surface area contributed by atoms with Gasteiger partial charge in [0.25, 0.3) is 5.91 Å². The number of rotatable bonds is 2. The van der Waals surface area contributed by atoms with Gasteiger partial charge in [-0.15, -0.1) is 0 Å². The zero-order valence-corrected chi connectivity index (χ0v) is 13.7. The standard InChI is InChI=1S/C20H20N2O2/c1-21-19-5-3-2-4-17(19)18(20(21)23)14-15-6-8-16(9-7-15)22-10-12-24-13-11-22/h2-9,14H,10-13H2,1H3/b18-14-. The Morgan fingerprint density at radius 2 is 1.71 bits per heavy atom. The van der Waals surface area contributed by atoms with Crippen molar-refractivity contribution in [3.63, 3.8) is 0 Å². The van der Waals surface area contributed by atoms with Crippen molar-refractivity contribution in [3.05, 3.63) is 59.7 Å². The minimum Gasteiger partial charge on any atom is -0.378 e. The van der Waals surface area contributed by atoms with Crippen LogP contribution in [0.4, 0.5) is 11.4 Å². The van der Waals surface area contributed by atoms with Crippen LogP contribution in [0.3, 0.4) is 0 Å². The normalized spacial score (nSPS) is 19.0. The number of benzene rings is 2. The molecule has 122 valence electrons. The number of carbonyl (C=O) groups excluding carboxylic acids is 1. The Labute approximate surface area is 142 Å². The van der Waals surface area contributed by atoms with E-state index in [1.165, 1.54) is 5.69 Å². The molecule has 2 aliphatic heterocycles. The summed E-state index contributed by atoms with van der Waals surface area (Å²) >= 11 is 0. The van der Waals surface area contributed by atoms with Gasteiger partial charge in [0.15, 0.2) is 0 Å². The molecule has 2 aromatic carbocycles. The molecule has 0 radical (unpaired) electrons. The van der Waals surface area contributed by atoms with Crippen molar-refractivity contribution < 1.29 is 9.53 Å². The molecule has 24 heavy (non-hydrogen) atoms. The number of hydrogen-bond acceptors (Lipinski definition) is 3. The molecule has 0 atom stereocenters. The van der Waals surface area contributed by atoms with Crippen molar-refractivity contribution in [1.29, 1.82) is 0 Å². The highest BCUT2D eigenvalue weighted by Gasteiger charge is 2.28. The number of anilines is 2. The van der Waals surface area contributed by atoms with E-state index in [0.717, 1.165) is 48.7 Å². The molecule has 0 spiro atoms. The van der Waals surface area contributed by atoms with Crippen molar-refractivity contribution >= 4 is 28.9 Å². The number of para-hydroxylation sites is 1. The summed E-state index contributed by atoms with van der Waals surface area (Å²) in [6.07, 6.45) is 1.98. The molecule has 0 aliphatic carbocycles. The Bertz CT molecular complexity index is 790. The van der Waals surface area contributed by atoms with Crippen LogP contribution in [0.25, 0.3) is 11.6 Å². The molecule has 1 saturated heterocycles. The Morgan fingerprint density at radius 1 is 1.00 bits per heavy atom. The average Bonchev–Trinajstić information content (AvgIpc) is 2.88. The average molecular weight is 320 g/mol. The Balaban J connectivity index is 1.63. The quantitative estimate of drug-likeness (QED) is 0.797. The molecule has 1 amide bonds.